The molecule has 1 unspecified atom stereocenters. The smallest absolute Gasteiger partial charge is 0.410 e. The summed E-state index contributed by atoms with van der Waals surface area (Å²) in [4.78, 5) is 10.00. The minimum atomic E-state index is -1.14. The van der Waals surface area contributed by atoms with E-state index in [1.165, 1.54) is 0 Å². The Kier molecular flexibility index (Phi) is 1.61. The molecule has 1 aliphatic rings. The van der Waals surface area contributed by atoms with Gasteiger partial charge in [0.05, 0.1) is 0 Å². The lowest BCUT2D eigenvalue weighted by atomic mass is 10.3. The summed E-state index contributed by atoms with van der Waals surface area (Å²) in [6.45, 7) is 2.00. The SMILES string of the molecule is CC1C[C@H]1C(=N)NC(=O)O. The van der Waals surface area contributed by atoms with Crippen molar-refractivity contribution in [2.24, 2.45) is 11.8 Å². The second kappa shape index (κ2) is 2.28. The molecule has 1 saturated carbocycles. The van der Waals surface area contributed by atoms with Gasteiger partial charge in [-0.1, -0.05) is 6.92 Å². The monoisotopic (exact) mass is 142 g/mol. The second-order valence-corrected chi connectivity index (χ2v) is 2.66. The maximum Gasteiger partial charge on any atom is 0.410 e. The Labute approximate surface area is 58.7 Å². The molecule has 0 bridgehead atoms. The van der Waals surface area contributed by atoms with Crippen LogP contribution in [0.15, 0.2) is 0 Å². The van der Waals surface area contributed by atoms with Crippen LogP contribution in [0.1, 0.15) is 13.3 Å². The summed E-state index contributed by atoms with van der Waals surface area (Å²) in [5.41, 5.74) is 0. The van der Waals surface area contributed by atoms with Gasteiger partial charge in [0.1, 0.15) is 5.84 Å². The molecule has 0 heterocycles. The number of carboxylic acid groups (broad SMARTS) is 1. The van der Waals surface area contributed by atoms with Gasteiger partial charge in [-0.2, -0.15) is 0 Å². The second-order valence-electron chi connectivity index (χ2n) is 2.66. The highest BCUT2D eigenvalue weighted by Crippen LogP contribution is 2.37. The number of rotatable bonds is 1. The summed E-state index contributed by atoms with van der Waals surface area (Å²) in [7, 11) is 0. The van der Waals surface area contributed by atoms with Crippen LogP contribution in [0, 0.1) is 17.2 Å². The van der Waals surface area contributed by atoms with Crippen molar-refractivity contribution in [1.29, 1.82) is 5.41 Å². The molecule has 1 rings (SSSR count). The molecule has 0 radical (unpaired) electrons. The molecule has 3 N–H and O–H groups in total. The van der Waals surface area contributed by atoms with E-state index in [4.69, 9.17) is 10.5 Å². The molecule has 4 heteroatoms. The lowest BCUT2D eigenvalue weighted by Gasteiger charge is -1.98. The highest BCUT2D eigenvalue weighted by atomic mass is 16.4. The van der Waals surface area contributed by atoms with Crippen molar-refractivity contribution in [3.63, 3.8) is 0 Å². The first kappa shape index (κ1) is 7.05. The summed E-state index contributed by atoms with van der Waals surface area (Å²) in [6, 6.07) is 0. The van der Waals surface area contributed by atoms with Crippen LogP contribution < -0.4 is 5.32 Å². The zero-order valence-corrected chi connectivity index (χ0v) is 5.72. The van der Waals surface area contributed by atoms with Crippen molar-refractivity contribution in [3.05, 3.63) is 0 Å². The standard InChI is InChI=1S/C6H10N2O2/c1-3-2-4(3)5(7)8-6(9)10/h3-4H,2H2,1H3,(H2,7,8)(H,9,10)/t3?,4-/m1/s1. The summed E-state index contributed by atoms with van der Waals surface area (Å²) >= 11 is 0. The van der Waals surface area contributed by atoms with Crippen LogP contribution >= 0.6 is 0 Å². The summed E-state index contributed by atoms with van der Waals surface area (Å²) in [5, 5.41) is 17.4. The molecule has 2 atom stereocenters. The number of hydrogen-bond acceptors (Lipinski definition) is 2. The third-order valence-corrected chi connectivity index (χ3v) is 1.72. The van der Waals surface area contributed by atoms with Crippen LogP contribution in [0.5, 0.6) is 0 Å². The van der Waals surface area contributed by atoms with Gasteiger partial charge < -0.3 is 5.11 Å². The molecule has 1 amide bonds. The Balaban J connectivity index is 2.30. The average molecular weight is 142 g/mol. The molecule has 0 spiro atoms. The van der Waals surface area contributed by atoms with E-state index in [0.29, 0.717) is 5.92 Å². The van der Waals surface area contributed by atoms with Gasteiger partial charge >= 0.3 is 6.09 Å². The van der Waals surface area contributed by atoms with Crippen molar-refractivity contribution in [3.8, 4) is 0 Å². The van der Waals surface area contributed by atoms with Crippen LogP contribution in [-0.4, -0.2) is 17.0 Å². The van der Waals surface area contributed by atoms with E-state index < -0.39 is 6.09 Å². The van der Waals surface area contributed by atoms with Crippen LogP contribution in [0.25, 0.3) is 0 Å². The van der Waals surface area contributed by atoms with Crippen molar-refractivity contribution >= 4 is 11.9 Å². The molecule has 56 valence electrons. The van der Waals surface area contributed by atoms with Gasteiger partial charge in [-0.15, -0.1) is 0 Å². The molecule has 4 nitrogen and oxygen atoms in total. The molecule has 10 heavy (non-hydrogen) atoms. The quantitative estimate of drug-likeness (QED) is 0.375. The number of amidine groups is 1. The summed E-state index contributed by atoms with van der Waals surface area (Å²) < 4.78 is 0. The minimum Gasteiger partial charge on any atom is -0.465 e. The fraction of sp³-hybridized carbons (Fsp3) is 0.667. The van der Waals surface area contributed by atoms with E-state index in [-0.39, 0.29) is 11.8 Å². The number of nitrogens with one attached hydrogen (secondary N) is 2. The lowest BCUT2D eigenvalue weighted by Crippen LogP contribution is -2.29. The highest BCUT2D eigenvalue weighted by Gasteiger charge is 2.37. The number of carbonyl (C=O) groups is 1. The Morgan fingerprint density at radius 1 is 1.80 bits per heavy atom. The molecule has 0 aromatic carbocycles. The van der Waals surface area contributed by atoms with E-state index in [1.54, 1.807) is 0 Å². The Bertz CT molecular complexity index is 179. The first-order chi connectivity index (χ1) is 4.61. The third-order valence-electron chi connectivity index (χ3n) is 1.72. The van der Waals surface area contributed by atoms with Crippen LogP contribution in [-0.2, 0) is 0 Å². The Morgan fingerprint density at radius 2 is 2.30 bits per heavy atom. The molecular formula is C6H10N2O2. The van der Waals surface area contributed by atoms with E-state index in [2.05, 4.69) is 0 Å². The molecule has 1 aliphatic carbocycles. The van der Waals surface area contributed by atoms with Gasteiger partial charge in [0, 0.05) is 5.92 Å². The lowest BCUT2D eigenvalue weighted by molar-refractivity contribution is 0.200. The van der Waals surface area contributed by atoms with Crippen LogP contribution in [0.4, 0.5) is 4.79 Å². The molecule has 0 aliphatic heterocycles. The molecule has 0 saturated heterocycles. The van der Waals surface area contributed by atoms with E-state index in [0.717, 1.165) is 6.42 Å². The number of amides is 1. The first-order valence-electron chi connectivity index (χ1n) is 3.19. The topological polar surface area (TPSA) is 73.2 Å². The first-order valence-corrected chi connectivity index (χ1v) is 3.19. The molecular weight excluding hydrogens is 132 g/mol. The molecule has 1 fully saturated rings. The van der Waals surface area contributed by atoms with Gasteiger partial charge in [0.25, 0.3) is 0 Å². The van der Waals surface area contributed by atoms with Crippen LogP contribution in [0.3, 0.4) is 0 Å². The maximum absolute atomic E-state index is 10.00. The van der Waals surface area contributed by atoms with Crippen molar-refractivity contribution in [1.82, 2.24) is 5.32 Å². The summed E-state index contributed by atoms with van der Waals surface area (Å²) in [5.74, 6) is 0.787. The average Bonchev–Trinajstić information content (AvgIpc) is 2.44. The fourth-order valence-corrected chi connectivity index (χ4v) is 0.932. The van der Waals surface area contributed by atoms with Crippen LogP contribution in [0.2, 0.25) is 0 Å². The van der Waals surface area contributed by atoms with E-state index in [9.17, 15) is 4.79 Å². The predicted molar refractivity (Wildman–Crippen MR) is 36.2 cm³/mol. The van der Waals surface area contributed by atoms with Crippen molar-refractivity contribution in [2.45, 2.75) is 13.3 Å². The van der Waals surface area contributed by atoms with Crippen molar-refractivity contribution in [2.75, 3.05) is 0 Å². The van der Waals surface area contributed by atoms with Crippen molar-refractivity contribution < 1.29 is 9.90 Å². The van der Waals surface area contributed by atoms with Gasteiger partial charge in [0.15, 0.2) is 0 Å². The largest absolute Gasteiger partial charge is 0.465 e. The van der Waals surface area contributed by atoms with Gasteiger partial charge in [-0.25, -0.2) is 4.79 Å². The third kappa shape index (κ3) is 1.46. The van der Waals surface area contributed by atoms with E-state index in [1.807, 2.05) is 12.2 Å². The van der Waals surface area contributed by atoms with E-state index >= 15 is 0 Å². The Hall–Kier alpha value is -1.06. The highest BCUT2D eigenvalue weighted by molar-refractivity contribution is 5.95. The predicted octanol–water partition coefficient (Wildman–Crippen LogP) is 0.887. The normalized spacial score (nSPS) is 29.3. The molecule has 0 aromatic heterocycles. The Morgan fingerprint density at radius 3 is 2.60 bits per heavy atom. The van der Waals surface area contributed by atoms with Gasteiger partial charge in [-0.05, 0) is 12.3 Å². The minimum absolute atomic E-state index is 0.139. The zero-order valence-electron chi connectivity index (χ0n) is 5.72. The van der Waals surface area contributed by atoms with Gasteiger partial charge in [0.2, 0.25) is 0 Å². The fourth-order valence-electron chi connectivity index (χ4n) is 0.932. The van der Waals surface area contributed by atoms with Gasteiger partial charge in [-0.3, -0.25) is 10.7 Å². The maximum atomic E-state index is 10.00. The zero-order chi connectivity index (χ0) is 7.72. The molecule has 0 aromatic rings. The number of hydrogen-bond donors (Lipinski definition) is 3. The summed E-state index contributed by atoms with van der Waals surface area (Å²) in [6.07, 6.45) is -0.192.